The van der Waals surface area contributed by atoms with Crippen LogP contribution < -0.4 is 4.72 Å². The van der Waals surface area contributed by atoms with Gasteiger partial charge in [0.15, 0.2) is 0 Å². The molecule has 9 heteroatoms. The zero-order valence-electron chi connectivity index (χ0n) is 10.1. The minimum absolute atomic E-state index is 0.00276. The second kappa shape index (κ2) is 6.01. The van der Waals surface area contributed by atoms with Crippen molar-refractivity contribution in [1.82, 2.24) is 9.78 Å². The number of aliphatic hydroxyl groups excluding tert-OH is 1. The Bertz CT molecular complexity index is 715. The number of hydrogen-bond donors (Lipinski definition) is 2. The first kappa shape index (κ1) is 15.1. The zero-order chi connectivity index (χ0) is 14.8. The van der Waals surface area contributed by atoms with Gasteiger partial charge < -0.3 is 5.11 Å². The van der Waals surface area contributed by atoms with Gasteiger partial charge in [-0.25, -0.2) is 8.42 Å². The van der Waals surface area contributed by atoms with Crippen LogP contribution in [0.4, 0.5) is 5.69 Å². The number of halogens is 2. The fraction of sp³-hybridized carbons (Fsp3) is 0.182. The van der Waals surface area contributed by atoms with Crippen molar-refractivity contribution in [3.05, 3.63) is 40.6 Å². The Morgan fingerprint density at radius 2 is 2.05 bits per heavy atom. The van der Waals surface area contributed by atoms with Gasteiger partial charge in [-0.3, -0.25) is 9.40 Å². The largest absolute Gasteiger partial charge is 0.394 e. The highest BCUT2D eigenvalue weighted by atomic mass is 35.5. The molecule has 6 nitrogen and oxygen atoms in total. The van der Waals surface area contributed by atoms with Gasteiger partial charge in [-0.1, -0.05) is 23.2 Å². The van der Waals surface area contributed by atoms with Crippen molar-refractivity contribution < 1.29 is 13.5 Å². The summed E-state index contributed by atoms with van der Waals surface area (Å²) in [6.07, 6.45) is 2.53. The molecule has 0 atom stereocenters. The van der Waals surface area contributed by atoms with Gasteiger partial charge in [-0.05, 0) is 18.2 Å². The number of aromatic nitrogens is 2. The maximum absolute atomic E-state index is 12.1. The summed E-state index contributed by atoms with van der Waals surface area (Å²) in [6.45, 7) is 0.101. The molecule has 0 saturated heterocycles. The Balaban J connectivity index is 2.23. The highest BCUT2D eigenvalue weighted by Gasteiger charge is 2.17. The predicted molar refractivity (Wildman–Crippen MR) is 76.6 cm³/mol. The molecule has 0 amide bonds. The van der Waals surface area contributed by atoms with Gasteiger partial charge >= 0.3 is 0 Å². The van der Waals surface area contributed by atoms with Crippen molar-refractivity contribution in [1.29, 1.82) is 0 Å². The van der Waals surface area contributed by atoms with E-state index in [1.54, 1.807) is 0 Å². The van der Waals surface area contributed by atoms with E-state index in [0.29, 0.717) is 10.7 Å². The van der Waals surface area contributed by atoms with Crippen LogP contribution in [0.15, 0.2) is 35.5 Å². The Labute approximate surface area is 126 Å². The topological polar surface area (TPSA) is 84.2 Å². The summed E-state index contributed by atoms with van der Waals surface area (Å²) < 4.78 is 27.9. The summed E-state index contributed by atoms with van der Waals surface area (Å²) in [5, 5.41) is 13.2. The lowest BCUT2D eigenvalue weighted by Gasteiger charge is -2.07. The number of nitrogens with zero attached hydrogens (tertiary/aromatic N) is 2. The average molecular weight is 336 g/mol. The Morgan fingerprint density at radius 3 is 2.70 bits per heavy atom. The zero-order valence-corrected chi connectivity index (χ0v) is 12.5. The van der Waals surface area contributed by atoms with Gasteiger partial charge in [0.05, 0.1) is 35.1 Å². The molecule has 1 aromatic heterocycles. The second-order valence-corrected chi connectivity index (χ2v) is 6.39. The van der Waals surface area contributed by atoms with E-state index in [9.17, 15) is 8.42 Å². The van der Waals surface area contributed by atoms with Crippen molar-refractivity contribution in [3.8, 4) is 0 Å². The third kappa shape index (κ3) is 3.43. The summed E-state index contributed by atoms with van der Waals surface area (Å²) in [7, 11) is -3.76. The van der Waals surface area contributed by atoms with E-state index < -0.39 is 10.0 Å². The fourth-order valence-corrected chi connectivity index (χ4v) is 2.78. The maximum Gasteiger partial charge on any atom is 0.265 e. The molecule has 0 aliphatic rings. The van der Waals surface area contributed by atoms with Gasteiger partial charge in [0.1, 0.15) is 4.90 Å². The summed E-state index contributed by atoms with van der Waals surface area (Å²) in [5.74, 6) is 0. The number of aliphatic hydroxyl groups is 1. The lowest BCUT2D eigenvalue weighted by Crippen LogP contribution is -2.12. The quantitative estimate of drug-likeness (QED) is 0.874. The summed E-state index contributed by atoms with van der Waals surface area (Å²) >= 11 is 11.6. The lowest BCUT2D eigenvalue weighted by molar-refractivity contribution is 0.269. The molecule has 0 fully saturated rings. The van der Waals surface area contributed by atoms with Crippen molar-refractivity contribution >= 4 is 38.9 Å². The van der Waals surface area contributed by atoms with E-state index in [4.69, 9.17) is 28.3 Å². The molecule has 0 bridgehead atoms. The van der Waals surface area contributed by atoms with Gasteiger partial charge in [0, 0.05) is 6.20 Å². The molecule has 0 radical (unpaired) electrons. The molecule has 2 aromatic rings. The van der Waals surface area contributed by atoms with E-state index in [-0.39, 0.29) is 23.1 Å². The second-order valence-electron chi connectivity index (χ2n) is 3.90. The number of rotatable bonds is 5. The molecule has 2 N–H and O–H groups in total. The average Bonchev–Trinajstić information content (AvgIpc) is 2.83. The Kier molecular flexibility index (Phi) is 4.54. The van der Waals surface area contributed by atoms with Crippen molar-refractivity contribution in [3.63, 3.8) is 0 Å². The highest BCUT2D eigenvalue weighted by molar-refractivity contribution is 7.92. The van der Waals surface area contributed by atoms with Crippen LogP contribution in [0.1, 0.15) is 0 Å². The number of hydrogen-bond acceptors (Lipinski definition) is 4. The maximum atomic E-state index is 12.1. The molecule has 1 aromatic carbocycles. The fourth-order valence-electron chi connectivity index (χ4n) is 1.48. The molecular weight excluding hydrogens is 325 g/mol. The standard InChI is InChI=1S/C11H11Cl2N3O3S/c12-10-2-1-8(5-11(10)13)15-20(18,19)9-6-14-16(7-9)3-4-17/h1-2,5-7,15,17H,3-4H2. The molecule has 108 valence electrons. The van der Waals surface area contributed by atoms with E-state index in [0.717, 1.165) is 0 Å². The molecule has 0 saturated carbocycles. The molecule has 2 rings (SSSR count). The molecule has 20 heavy (non-hydrogen) atoms. The van der Waals surface area contributed by atoms with Crippen LogP contribution in [0.25, 0.3) is 0 Å². The third-order valence-electron chi connectivity index (χ3n) is 2.42. The molecule has 0 aliphatic carbocycles. The number of sulfonamides is 1. The molecule has 0 aliphatic heterocycles. The van der Waals surface area contributed by atoms with Crippen LogP contribution in [0.3, 0.4) is 0 Å². The van der Waals surface area contributed by atoms with Gasteiger partial charge in [0.25, 0.3) is 10.0 Å². The molecule has 0 spiro atoms. The molecular formula is C11H11Cl2N3O3S. The van der Waals surface area contributed by atoms with Crippen LogP contribution >= 0.6 is 23.2 Å². The van der Waals surface area contributed by atoms with E-state index in [2.05, 4.69) is 9.82 Å². The predicted octanol–water partition coefficient (Wildman–Crippen LogP) is 1.98. The van der Waals surface area contributed by atoms with E-state index in [1.165, 1.54) is 35.3 Å². The van der Waals surface area contributed by atoms with Crippen LogP contribution in [0, 0.1) is 0 Å². The van der Waals surface area contributed by atoms with Crippen LogP contribution in [0.2, 0.25) is 10.0 Å². The van der Waals surface area contributed by atoms with Gasteiger partial charge in [-0.15, -0.1) is 0 Å². The van der Waals surface area contributed by atoms with E-state index >= 15 is 0 Å². The number of benzene rings is 1. The first-order valence-corrected chi connectivity index (χ1v) is 7.77. The van der Waals surface area contributed by atoms with Crippen LogP contribution in [-0.2, 0) is 16.6 Å². The summed E-state index contributed by atoms with van der Waals surface area (Å²) in [5.41, 5.74) is 0.300. The van der Waals surface area contributed by atoms with Gasteiger partial charge in [-0.2, -0.15) is 5.10 Å². The first-order valence-electron chi connectivity index (χ1n) is 5.53. The lowest BCUT2D eigenvalue weighted by atomic mass is 10.3. The summed E-state index contributed by atoms with van der Waals surface area (Å²) in [6, 6.07) is 4.42. The Morgan fingerprint density at radius 1 is 1.30 bits per heavy atom. The van der Waals surface area contributed by atoms with E-state index in [1.807, 2.05) is 0 Å². The first-order chi connectivity index (χ1) is 9.42. The van der Waals surface area contributed by atoms with Crippen molar-refractivity contribution in [2.45, 2.75) is 11.4 Å². The third-order valence-corrected chi connectivity index (χ3v) is 4.50. The van der Waals surface area contributed by atoms with Crippen LogP contribution in [-0.4, -0.2) is 29.9 Å². The normalized spacial score (nSPS) is 11.6. The van der Waals surface area contributed by atoms with Crippen molar-refractivity contribution in [2.24, 2.45) is 0 Å². The Hall–Kier alpha value is -1.28. The number of anilines is 1. The monoisotopic (exact) mass is 335 g/mol. The number of nitrogens with one attached hydrogen (secondary N) is 1. The molecule has 1 heterocycles. The SMILES string of the molecule is O=S(=O)(Nc1ccc(Cl)c(Cl)c1)c1cnn(CCO)c1. The van der Waals surface area contributed by atoms with Gasteiger partial charge in [0.2, 0.25) is 0 Å². The van der Waals surface area contributed by atoms with Crippen molar-refractivity contribution in [2.75, 3.05) is 11.3 Å². The highest BCUT2D eigenvalue weighted by Crippen LogP contribution is 2.26. The smallest absolute Gasteiger partial charge is 0.265 e. The minimum Gasteiger partial charge on any atom is -0.394 e. The summed E-state index contributed by atoms with van der Waals surface area (Å²) in [4.78, 5) is -0.00276. The molecule has 0 unspecified atom stereocenters. The van der Waals surface area contributed by atoms with Crippen LogP contribution in [0.5, 0.6) is 0 Å². The minimum atomic E-state index is -3.76.